The van der Waals surface area contributed by atoms with Gasteiger partial charge in [0.05, 0.1) is 25.4 Å². The lowest BCUT2D eigenvalue weighted by atomic mass is 9.83. The number of pyridine rings is 1. The molecule has 0 bridgehead atoms. The molecule has 0 radical (unpaired) electrons. The van der Waals surface area contributed by atoms with E-state index >= 15 is 0 Å². The van der Waals surface area contributed by atoms with Crippen LogP contribution in [0.3, 0.4) is 0 Å². The molecule has 2 atom stereocenters. The smallest absolute Gasteiger partial charge is 0.275 e. The zero-order valence-corrected chi connectivity index (χ0v) is 17.6. The number of aromatic nitrogens is 2. The monoisotopic (exact) mass is 421 g/mol. The molecule has 1 unspecified atom stereocenters. The molecule has 29 heavy (non-hydrogen) atoms. The predicted octanol–water partition coefficient (Wildman–Crippen LogP) is 2.56. The molecule has 9 heteroatoms. The third-order valence-corrected chi connectivity index (χ3v) is 5.96. The lowest BCUT2D eigenvalue weighted by Crippen LogP contribution is -2.40. The van der Waals surface area contributed by atoms with Crippen molar-refractivity contribution in [1.29, 1.82) is 0 Å². The van der Waals surface area contributed by atoms with Gasteiger partial charge in [0.15, 0.2) is 4.83 Å². The second-order valence-corrected chi connectivity index (χ2v) is 8.69. The number of nitrogens with zero attached hydrogens (tertiary/aromatic N) is 2. The maximum Gasteiger partial charge on any atom is 0.275 e. The van der Waals surface area contributed by atoms with Crippen LogP contribution in [-0.2, 0) is 14.3 Å². The second kappa shape index (κ2) is 9.23. The van der Waals surface area contributed by atoms with E-state index in [1.54, 1.807) is 0 Å². The van der Waals surface area contributed by atoms with Crippen molar-refractivity contribution in [1.82, 2.24) is 15.3 Å². The minimum atomic E-state index is -0.0301. The van der Waals surface area contributed by atoms with E-state index in [-0.39, 0.29) is 24.2 Å². The fourth-order valence-corrected chi connectivity index (χ4v) is 4.11. The number of hydrogen-bond donors (Lipinski definition) is 1. The summed E-state index contributed by atoms with van der Waals surface area (Å²) in [6.07, 6.45) is 3.42. The lowest BCUT2D eigenvalue weighted by Gasteiger charge is -2.35. The van der Waals surface area contributed by atoms with E-state index < -0.39 is 0 Å². The van der Waals surface area contributed by atoms with E-state index in [1.807, 2.05) is 19.1 Å². The molecule has 1 aliphatic heterocycles. The van der Waals surface area contributed by atoms with Crippen molar-refractivity contribution in [2.24, 2.45) is 5.92 Å². The molecule has 0 aromatic carbocycles. The number of amides is 1. The van der Waals surface area contributed by atoms with E-state index in [1.165, 1.54) is 18.3 Å². The first kappa shape index (κ1) is 20.3. The Kier molecular flexibility index (Phi) is 6.46. The summed E-state index contributed by atoms with van der Waals surface area (Å²) in [5.74, 6) is 1.05. The number of rotatable bonds is 10. The van der Waals surface area contributed by atoms with Gasteiger partial charge < -0.3 is 24.3 Å². The highest BCUT2D eigenvalue weighted by molar-refractivity contribution is 7.19. The molecule has 1 amide bonds. The Labute approximate surface area is 173 Å². The highest BCUT2D eigenvalue weighted by Crippen LogP contribution is 2.32. The topological polar surface area (TPSA) is 91.8 Å². The molecule has 1 N–H and O–H groups in total. The average molecular weight is 422 g/mol. The molecule has 2 aliphatic rings. The zero-order valence-electron chi connectivity index (χ0n) is 16.8. The van der Waals surface area contributed by atoms with Crippen molar-refractivity contribution in [2.45, 2.75) is 51.4 Å². The SMILES string of the molecule is CC(=O)N[C@@H](C)CO[C@H]1C[C@H](COc2ccc3nc(OCC4CCO4)sc3n2)C1. The first-order valence-electron chi connectivity index (χ1n) is 10.1. The van der Waals surface area contributed by atoms with Gasteiger partial charge in [0, 0.05) is 32.1 Å². The van der Waals surface area contributed by atoms with Gasteiger partial charge in [-0.05, 0) is 31.7 Å². The van der Waals surface area contributed by atoms with E-state index in [0.29, 0.717) is 36.8 Å². The van der Waals surface area contributed by atoms with Gasteiger partial charge in [-0.25, -0.2) is 9.97 Å². The number of fused-ring (bicyclic) bond motifs is 1. The van der Waals surface area contributed by atoms with E-state index in [0.717, 1.165) is 36.2 Å². The minimum Gasteiger partial charge on any atom is -0.477 e. The van der Waals surface area contributed by atoms with Gasteiger partial charge in [0.1, 0.15) is 12.1 Å². The molecule has 1 aliphatic carbocycles. The Morgan fingerprint density at radius 2 is 2.14 bits per heavy atom. The van der Waals surface area contributed by atoms with E-state index in [9.17, 15) is 4.79 Å². The molecule has 4 rings (SSSR count). The molecule has 3 heterocycles. The quantitative estimate of drug-likeness (QED) is 0.630. The van der Waals surface area contributed by atoms with Gasteiger partial charge in [0.25, 0.3) is 5.19 Å². The summed E-state index contributed by atoms with van der Waals surface area (Å²) in [5, 5.41) is 3.44. The molecule has 2 aromatic rings. The summed E-state index contributed by atoms with van der Waals surface area (Å²) < 4.78 is 22.7. The Morgan fingerprint density at radius 1 is 1.31 bits per heavy atom. The zero-order chi connectivity index (χ0) is 20.2. The molecule has 8 nitrogen and oxygen atoms in total. The third kappa shape index (κ3) is 5.55. The van der Waals surface area contributed by atoms with Crippen LogP contribution in [0.25, 0.3) is 10.3 Å². The first-order valence-corrected chi connectivity index (χ1v) is 10.9. The molecule has 158 valence electrons. The number of hydrogen-bond acceptors (Lipinski definition) is 8. The molecule has 2 fully saturated rings. The van der Waals surface area contributed by atoms with Crippen molar-refractivity contribution in [3.8, 4) is 11.1 Å². The van der Waals surface area contributed by atoms with Gasteiger partial charge in [-0.1, -0.05) is 11.3 Å². The summed E-state index contributed by atoms with van der Waals surface area (Å²) in [6, 6.07) is 3.80. The van der Waals surface area contributed by atoms with Crippen LogP contribution in [0.1, 0.15) is 33.1 Å². The highest BCUT2D eigenvalue weighted by Gasteiger charge is 2.31. The van der Waals surface area contributed by atoms with Crippen LogP contribution < -0.4 is 14.8 Å². The van der Waals surface area contributed by atoms with Crippen molar-refractivity contribution in [2.75, 3.05) is 26.4 Å². The Balaban J connectivity index is 1.18. The number of nitrogens with one attached hydrogen (secondary N) is 1. The number of ether oxygens (including phenoxy) is 4. The van der Waals surface area contributed by atoms with E-state index in [4.69, 9.17) is 18.9 Å². The van der Waals surface area contributed by atoms with Gasteiger partial charge in [-0.3, -0.25) is 4.79 Å². The maximum absolute atomic E-state index is 11.0. The first-order chi connectivity index (χ1) is 14.0. The molecular weight excluding hydrogens is 394 g/mol. The molecule has 1 saturated heterocycles. The number of carbonyl (C=O) groups excluding carboxylic acids is 1. The van der Waals surface area contributed by atoms with Crippen LogP contribution in [0.2, 0.25) is 0 Å². The Hall–Kier alpha value is -1.97. The van der Waals surface area contributed by atoms with Crippen LogP contribution in [-0.4, -0.2) is 60.6 Å². The van der Waals surface area contributed by atoms with Crippen molar-refractivity contribution < 1.29 is 23.7 Å². The fourth-order valence-electron chi connectivity index (χ4n) is 3.32. The highest BCUT2D eigenvalue weighted by atomic mass is 32.1. The van der Waals surface area contributed by atoms with Crippen LogP contribution in [0, 0.1) is 5.92 Å². The third-order valence-electron chi connectivity index (χ3n) is 5.09. The van der Waals surface area contributed by atoms with Crippen LogP contribution in [0.15, 0.2) is 12.1 Å². The van der Waals surface area contributed by atoms with Crippen LogP contribution in [0.4, 0.5) is 0 Å². The number of thiazole rings is 1. The minimum absolute atomic E-state index is 0.0301. The summed E-state index contributed by atoms with van der Waals surface area (Å²) >= 11 is 1.43. The fraction of sp³-hybridized carbons (Fsp3) is 0.650. The second-order valence-electron chi connectivity index (χ2n) is 7.75. The number of carbonyl (C=O) groups is 1. The molecule has 1 saturated carbocycles. The predicted molar refractivity (Wildman–Crippen MR) is 109 cm³/mol. The van der Waals surface area contributed by atoms with Crippen molar-refractivity contribution in [3.05, 3.63) is 12.1 Å². The van der Waals surface area contributed by atoms with Gasteiger partial charge in [0.2, 0.25) is 11.8 Å². The van der Waals surface area contributed by atoms with Gasteiger partial charge >= 0.3 is 0 Å². The largest absolute Gasteiger partial charge is 0.477 e. The summed E-state index contributed by atoms with van der Waals surface area (Å²) in [5.41, 5.74) is 0.817. The summed E-state index contributed by atoms with van der Waals surface area (Å²) in [4.78, 5) is 20.8. The standard InChI is InChI=1S/C20H27N3O5S/c1-12(21-13(2)24)9-26-16-7-14(8-16)10-27-18-4-3-17-19(23-18)29-20(22-17)28-11-15-5-6-25-15/h3-4,12,14-16H,5-11H2,1-2H3,(H,21,24)/t12-,14-,15?,16-/m0/s1. The van der Waals surface area contributed by atoms with Gasteiger partial charge in [-0.2, -0.15) is 0 Å². The van der Waals surface area contributed by atoms with Crippen LogP contribution in [0.5, 0.6) is 11.1 Å². The Bertz CT molecular complexity index is 835. The molecular formula is C20H27N3O5S. The lowest BCUT2D eigenvalue weighted by molar-refractivity contribution is -0.120. The molecule has 2 aromatic heterocycles. The van der Waals surface area contributed by atoms with Gasteiger partial charge in [-0.15, -0.1) is 0 Å². The van der Waals surface area contributed by atoms with Crippen molar-refractivity contribution >= 4 is 27.6 Å². The Morgan fingerprint density at radius 3 is 2.86 bits per heavy atom. The summed E-state index contributed by atoms with van der Waals surface area (Å²) in [6.45, 7) is 5.99. The van der Waals surface area contributed by atoms with Crippen LogP contribution >= 0.6 is 11.3 Å². The normalized spacial score (nSPS) is 24.4. The van der Waals surface area contributed by atoms with E-state index in [2.05, 4.69) is 15.3 Å². The maximum atomic E-state index is 11.0. The average Bonchev–Trinajstić information content (AvgIpc) is 3.00. The van der Waals surface area contributed by atoms with Crippen molar-refractivity contribution in [3.63, 3.8) is 0 Å². The molecule has 0 spiro atoms. The summed E-state index contributed by atoms with van der Waals surface area (Å²) in [7, 11) is 0.